The Labute approximate surface area is 174 Å². The smallest absolute Gasteiger partial charge is 0.0890 e. The number of aliphatic imine (C=N–C) groups is 2. The topological polar surface area (TPSA) is 56.3 Å². The van der Waals surface area contributed by atoms with Gasteiger partial charge >= 0.3 is 0 Å². The molecule has 0 radical (unpaired) electrons. The van der Waals surface area contributed by atoms with E-state index >= 15 is 0 Å². The predicted molar refractivity (Wildman–Crippen MR) is 125 cm³/mol. The lowest BCUT2D eigenvalue weighted by Gasteiger charge is -2.18. The summed E-state index contributed by atoms with van der Waals surface area (Å²) in [4.78, 5) is 17.0. The molecular weight excluding hydrogens is 368 g/mol. The number of benzene rings is 3. The summed E-state index contributed by atoms with van der Waals surface area (Å²) in [6.45, 7) is 2.11. The van der Waals surface area contributed by atoms with E-state index in [4.69, 9.17) is 9.98 Å². The molecular formula is C26H20N4. The summed E-state index contributed by atoms with van der Waals surface area (Å²) in [7, 11) is 0. The lowest BCUT2D eigenvalue weighted by Crippen LogP contribution is -2.20. The van der Waals surface area contributed by atoms with E-state index in [9.17, 15) is 0 Å². The molecule has 3 aromatic carbocycles. The molecule has 3 heterocycles. The normalized spacial score (nSPS) is 16.2. The van der Waals surface area contributed by atoms with Gasteiger partial charge in [0.15, 0.2) is 0 Å². The van der Waals surface area contributed by atoms with Crippen LogP contribution in [0.5, 0.6) is 0 Å². The molecule has 1 aliphatic rings. The second-order valence-electron chi connectivity index (χ2n) is 7.71. The zero-order valence-corrected chi connectivity index (χ0v) is 16.6. The average molecular weight is 388 g/mol. The van der Waals surface area contributed by atoms with Crippen LogP contribution in [-0.2, 0) is 0 Å². The van der Waals surface area contributed by atoms with Gasteiger partial charge < -0.3 is 9.97 Å². The third kappa shape index (κ3) is 2.54. The molecule has 5 aromatic rings. The first kappa shape index (κ1) is 17.0. The van der Waals surface area contributed by atoms with Gasteiger partial charge in [-0.1, -0.05) is 48.5 Å². The van der Waals surface area contributed by atoms with E-state index in [1.165, 1.54) is 16.3 Å². The van der Waals surface area contributed by atoms with Gasteiger partial charge in [-0.15, -0.1) is 0 Å². The fourth-order valence-corrected chi connectivity index (χ4v) is 4.50. The van der Waals surface area contributed by atoms with E-state index in [2.05, 4.69) is 77.8 Å². The minimum atomic E-state index is -0.0484. The first-order valence-electron chi connectivity index (χ1n) is 10.1. The van der Waals surface area contributed by atoms with Crippen molar-refractivity contribution < 1.29 is 0 Å². The summed E-state index contributed by atoms with van der Waals surface area (Å²) < 4.78 is 0. The Hall–Kier alpha value is -3.92. The van der Waals surface area contributed by atoms with E-state index in [0.717, 1.165) is 39.4 Å². The van der Waals surface area contributed by atoms with Crippen molar-refractivity contribution in [1.29, 1.82) is 0 Å². The third-order valence-corrected chi connectivity index (χ3v) is 5.91. The first-order valence-corrected chi connectivity index (χ1v) is 10.1. The zero-order valence-electron chi connectivity index (χ0n) is 16.6. The lowest BCUT2D eigenvalue weighted by atomic mass is 9.86. The SMILES string of the molecule is CC1=Nc2ccccc2N=C(c2c[nH]c3ccccc23)C1c1c[nH]c2ccccc12. The summed E-state index contributed by atoms with van der Waals surface area (Å²) >= 11 is 0. The number of nitrogens with zero attached hydrogens (tertiary/aromatic N) is 2. The molecule has 0 amide bonds. The maximum Gasteiger partial charge on any atom is 0.0890 e. The molecule has 0 spiro atoms. The molecule has 2 N–H and O–H groups in total. The molecule has 0 bridgehead atoms. The standard InChI is InChI=1S/C26H20N4/c1-16-25(19-14-27-21-10-4-2-8-17(19)21)26(30-24-13-7-6-12-23(24)29-16)20-15-28-22-11-5-3-9-18(20)22/h2-15,25,27-28H,1H3. The van der Waals surface area contributed by atoms with Gasteiger partial charge in [-0.3, -0.25) is 4.99 Å². The Balaban J connectivity index is 1.67. The number of H-pyrrole nitrogens is 2. The van der Waals surface area contributed by atoms with E-state index in [0.29, 0.717) is 0 Å². The van der Waals surface area contributed by atoms with Crippen molar-refractivity contribution in [2.45, 2.75) is 12.8 Å². The molecule has 30 heavy (non-hydrogen) atoms. The minimum Gasteiger partial charge on any atom is -0.361 e. The zero-order chi connectivity index (χ0) is 20.1. The van der Waals surface area contributed by atoms with Crippen LogP contribution in [-0.4, -0.2) is 21.4 Å². The highest BCUT2D eigenvalue weighted by Gasteiger charge is 2.29. The van der Waals surface area contributed by atoms with Gasteiger partial charge in [0.2, 0.25) is 0 Å². The fraction of sp³-hybridized carbons (Fsp3) is 0.0769. The van der Waals surface area contributed by atoms with Gasteiger partial charge in [0.25, 0.3) is 0 Å². The van der Waals surface area contributed by atoms with E-state index < -0.39 is 0 Å². The Morgan fingerprint density at radius 3 is 2.07 bits per heavy atom. The minimum absolute atomic E-state index is 0.0484. The number of para-hydroxylation sites is 4. The highest BCUT2D eigenvalue weighted by atomic mass is 14.9. The van der Waals surface area contributed by atoms with Crippen molar-refractivity contribution in [3.8, 4) is 0 Å². The summed E-state index contributed by atoms with van der Waals surface area (Å²) in [6, 6.07) is 24.9. The number of hydrogen-bond acceptors (Lipinski definition) is 2. The van der Waals surface area contributed by atoms with Gasteiger partial charge in [-0.05, 0) is 36.8 Å². The largest absolute Gasteiger partial charge is 0.361 e. The third-order valence-electron chi connectivity index (χ3n) is 5.91. The van der Waals surface area contributed by atoms with Crippen LogP contribution in [0.15, 0.2) is 95.2 Å². The molecule has 4 nitrogen and oxygen atoms in total. The fourth-order valence-electron chi connectivity index (χ4n) is 4.50. The van der Waals surface area contributed by atoms with Gasteiger partial charge in [-0.2, -0.15) is 0 Å². The van der Waals surface area contributed by atoms with Gasteiger partial charge in [0, 0.05) is 45.5 Å². The molecule has 144 valence electrons. The van der Waals surface area contributed by atoms with E-state index in [-0.39, 0.29) is 5.92 Å². The van der Waals surface area contributed by atoms with Crippen molar-refractivity contribution >= 4 is 44.6 Å². The summed E-state index contributed by atoms with van der Waals surface area (Å²) in [6.07, 6.45) is 4.18. The Bertz CT molecular complexity index is 1460. The van der Waals surface area contributed by atoms with Gasteiger partial charge in [0.1, 0.15) is 0 Å². The molecule has 6 rings (SSSR count). The molecule has 1 atom stereocenters. The molecule has 2 aromatic heterocycles. The highest BCUT2D eigenvalue weighted by molar-refractivity contribution is 6.25. The molecule has 1 aliphatic heterocycles. The summed E-state index contributed by atoms with van der Waals surface area (Å²) in [5.74, 6) is -0.0484. The van der Waals surface area contributed by atoms with Crippen LogP contribution in [0.1, 0.15) is 24.0 Å². The van der Waals surface area contributed by atoms with Crippen LogP contribution in [0.4, 0.5) is 11.4 Å². The lowest BCUT2D eigenvalue weighted by molar-refractivity contribution is 1.19. The van der Waals surface area contributed by atoms with Crippen LogP contribution < -0.4 is 0 Å². The van der Waals surface area contributed by atoms with Crippen LogP contribution in [0.25, 0.3) is 21.8 Å². The van der Waals surface area contributed by atoms with Crippen LogP contribution in [0.2, 0.25) is 0 Å². The van der Waals surface area contributed by atoms with Crippen molar-refractivity contribution in [2.75, 3.05) is 0 Å². The van der Waals surface area contributed by atoms with Gasteiger partial charge in [0.05, 0.1) is 23.0 Å². The molecule has 1 unspecified atom stereocenters. The number of rotatable bonds is 2. The first-order chi connectivity index (χ1) is 14.8. The average Bonchev–Trinajstić information content (AvgIpc) is 3.36. The maximum atomic E-state index is 5.19. The highest BCUT2D eigenvalue weighted by Crippen LogP contribution is 2.39. The number of hydrogen-bond donors (Lipinski definition) is 2. The Kier molecular flexibility index (Phi) is 3.71. The van der Waals surface area contributed by atoms with Crippen molar-refractivity contribution in [3.05, 3.63) is 96.3 Å². The summed E-state index contributed by atoms with van der Waals surface area (Å²) in [5, 5.41) is 2.38. The second-order valence-corrected chi connectivity index (χ2v) is 7.71. The predicted octanol–water partition coefficient (Wildman–Crippen LogP) is 6.66. The number of aromatic amines is 2. The second kappa shape index (κ2) is 6.56. The molecule has 0 aliphatic carbocycles. The quantitative estimate of drug-likeness (QED) is 0.340. The Morgan fingerprint density at radius 1 is 0.667 bits per heavy atom. The van der Waals surface area contributed by atoms with Crippen molar-refractivity contribution in [3.63, 3.8) is 0 Å². The molecule has 0 fully saturated rings. The summed E-state index contributed by atoms with van der Waals surface area (Å²) in [5.41, 5.74) is 8.42. The van der Waals surface area contributed by atoms with E-state index in [1.807, 2.05) is 24.3 Å². The van der Waals surface area contributed by atoms with Crippen LogP contribution >= 0.6 is 0 Å². The maximum absolute atomic E-state index is 5.19. The number of nitrogens with one attached hydrogen (secondary N) is 2. The van der Waals surface area contributed by atoms with E-state index in [1.54, 1.807) is 0 Å². The van der Waals surface area contributed by atoms with Crippen LogP contribution in [0.3, 0.4) is 0 Å². The van der Waals surface area contributed by atoms with Crippen molar-refractivity contribution in [1.82, 2.24) is 9.97 Å². The Morgan fingerprint density at radius 2 is 1.27 bits per heavy atom. The molecule has 0 saturated heterocycles. The van der Waals surface area contributed by atoms with Gasteiger partial charge in [-0.25, -0.2) is 4.99 Å². The number of fused-ring (bicyclic) bond motifs is 3. The van der Waals surface area contributed by atoms with Crippen LogP contribution in [0, 0.1) is 0 Å². The monoisotopic (exact) mass is 388 g/mol. The van der Waals surface area contributed by atoms with Crippen molar-refractivity contribution in [2.24, 2.45) is 9.98 Å². The molecule has 0 saturated carbocycles. The number of aromatic nitrogens is 2. The molecule has 4 heteroatoms.